The normalized spacial score (nSPS) is 21.9. The third-order valence-corrected chi connectivity index (χ3v) is 5.92. The summed E-state index contributed by atoms with van der Waals surface area (Å²) >= 11 is 6.29. The molecule has 2 atom stereocenters. The second kappa shape index (κ2) is 7.81. The molecule has 28 heavy (non-hydrogen) atoms. The van der Waals surface area contributed by atoms with Crippen LogP contribution in [0.15, 0.2) is 48.5 Å². The fourth-order valence-corrected chi connectivity index (χ4v) is 4.31. The predicted molar refractivity (Wildman–Crippen MR) is 110 cm³/mol. The Hall–Kier alpha value is -2.57. The summed E-state index contributed by atoms with van der Waals surface area (Å²) in [5.41, 5.74) is 8.30. The van der Waals surface area contributed by atoms with Gasteiger partial charge >= 0.3 is 6.03 Å². The van der Waals surface area contributed by atoms with E-state index in [1.165, 1.54) is 5.56 Å². The molecule has 146 valence electrons. The summed E-state index contributed by atoms with van der Waals surface area (Å²) in [5, 5.41) is 3.21. The third kappa shape index (κ3) is 3.45. The van der Waals surface area contributed by atoms with Crippen LogP contribution in [0.5, 0.6) is 0 Å². The van der Waals surface area contributed by atoms with E-state index in [9.17, 15) is 9.59 Å². The third-order valence-electron chi connectivity index (χ3n) is 5.60. The molecule has 0 aliphatic carbocycles. The molecule has 2 fully saturated rings. The number of carbonyl (C=O) groups excluding carboxylic acids is 2. The van der Waals surface area contributed by atoms with E-state index in [1.807, 2.05) is 23.1 Å². The summed E-state index contributed by atoms with van der Waals surface area (Å²) in [4.78, 5) is 28.6. The molecule has 0 radical (unpaired) electrons. The maximum atomic E-state index is 13.2. The average molecular weight is 399 g/mol. The van der Waals surface area contributed by atoms with E-state index in [-0.39, 0.29) is 23.8 Å². The Morgan fingerprint density at radius 2 is 1.96 bits per heavy atom. The Bertz CT molecular complexity index is 889. The van der Waals surface area contributed by atoms with Crippen LogP contribution < -0.4 is 16.0 Å². The van der Waals surface area contributed by atoms with Crippen molar-refractivity contribution in [1.82, 2.24) is 10.2 Å². The van der Waals surface area contributed by atoms with Gasteiger partial charge in [-0.25, -0.2) is 4.79 Å². The van der Waals surface area contributed by atoms with Crippen LogP contribution in [0.1, 0.15) is 21.8 Å². The van der Waals surface area contributed by atoms with Crippen molar-refractivity contribution in [2.75, 3.05) is 37.6 Å². The second-order valence-electron chi connectivity index (χ2n) is 7.27. The molecule has 2 aromatic carbocycles. The van der Waals surface area contributed by atoms with Crippen molar-refractivity contribution in [3.05, 3.63) is 64.7 Å². The van der Waals surface area contributed by atoms with Crippen LogP contribution in [0.4, 0.5) is 10.5 Å². The number of amides is 3. The van der Waals surface area contributed by atoms with Gasteiger partial charge in [0, 0.05) is 37.7 Å². The lowest BCUT2D eigenvalue weighted by atomic mass is 9.89. The van der Waals surface area contributed by atoms with Gasteiger partial charge < -0.3 is 16.0 Å². The highest BCUT2D eigenvalue weighted by Gasteiger charge is 2.36. The van der Waals surface area contributed by atoms with Crippen LogP contribution in [0.2, 0.25) is 5.02 Å². The minimum atomic E-state index is -0.194. The average Bonchev–Trinajstić information content (AvgIpc) is 3.35. The molecule has 3 N–H and O–H groups in total. The minimum absolute atomic E-state index is 0.0607. The Labute approximate surface area is 169 Å². The van der Waals surface area contributed by atoms with Gasteiger partial charge in [0.2, 0.25) is 0 Å². The van der Waals surface area contributed by atoms with Crippen molar-refractivity contribution in [3.63, 3.8) is 0 Å². The first kappa shape index (κ1) is 18.8. The van der Waals surface area contributed by atoms with E-state index >= 15 is 0 Å². The van der Waals surface area contributed by atoms with E-state index < -0.39 is 0 Å². The Balaban J connectivity index is 1.57. The van der Waals surface area contributed by atoms with Gasteiger partial charge in [-0.15, -0.1) is 0 Å². The van der Waals surface area contributed by atoms with Gasteiger partial charge in [-0.2, -0.15) is 0 Å². The number of nitrogens with one attached hydrogen (secondary N) is 1. The van der Waals surface area contributed by atoms with Crippen molar-refractivity contribution in [3.8, 4) is 0 Å². The van der Waals surface area contributed by atoms with Gasteiger partial charge in [0.25, 0.3) is 5.91 Å². The molecule has 3 amide bonds. The van der Waals surface area contributed by atoms with Crippen LogP contribution in [-0.2, 0) is 0 Å². The Morgan fingerprint density at radius 1 is 1.18 bits per heavy atom. The molecule has 6 nitrogen and oxygen atoms in total. The molecule has 0 bridgehead atoms. The Kier molecular flexibility index (Phi) is 5.24. The highest BCUT2D eigenvalue weighted by molar-refractivity contribution is 6.34. The summed E-state index contributed by atoms with van der Waals surface area (Å²) in [6, 6.07) is 15.1. The van der Waals surface area contributed by atoms with Gasteiger partial charge in [0.1, 0.15) is 0 Å². The van der Waals surface area contributed by atoms with E-state index in [1.54, 1.807) is 23.1 Å². The molecule has 7 heteroatoms. The first-order valence-electron chi connectivity index (χ1n) is 9.47. The smallest absolute Gasteiger partial charge is 0.322 e. The minimum Gasteiger partial charge on any atom is -0.338 e. The SMILES string of the molecule is NC[C@@H]1CN(C(=O)c2ccc(Cl)c(N3CCNC3=O)c2)C[C@H]1c1ccccc1. The molecule has 0 unspecified atom stereocenters. The van der Waals surface area contributed by atoms with Gasteiger partial charge in [0.05, 0.1) is 10.7 Å². The molecule has 4 rings (SSSR count). The number of halogens is 1. The lowest BCUT2D eigenvalue weighted by Gasteiger charge is -2.20. The number of hydrogen-bond acceptors (Lipinski definition) is 3. The number of rotatable bonds is 4. The molecule has 2 heterocycles. The highest BCUT2D eigenvalue weighted by atomic mass is 35.5. The zero-order chi connectivity index (χ0) is 19.7. The van der Waals surface area contributed by atoms with E-state index in [0.717, 1.165) is 0 Å². The van der Waals surface area contributed by atoms with Gasteiger partial charge in [0.15, 0.2) is 0 Å². The molecule has 2 aliphatic rings. The number of nitrogens with two attached hydrogens (primary N) is 1. The number of likely N-dealkylation sites (tertiary alicyclic amines) is 1. The second-order valence-corrected chi connectivity index (χ2v) is 7.68. The molecule has 2 aromatic rings. The first-order valence-corrected chi connectivity index (χ1v) is 9.85. The van der Waals surface area contributed by atoms with Crippen molar-refractivity contribution >= 4 is 29.2 Å². The number of nitrogens with zero attached hydrogens (tertiary/aromatic N) is 2. The Morgan fingerprint density at radius 3 is 2.64 bits per heavy atom. The fraction of sp³-hybridized carbons (Fsp3) is 0.333. The molecular weight excluding hydrogens is 376 g/mol. The topological polar surface area (TPSA) is 78.7 Å². The summed E-state index contributed by atoms with van der Waals surface area (Å²) in [6.45, 7) is 2.88. The number of hydrogen-bond donors (Lipinski definition) is 2. The maximum absolute atomic E-state index is 13.2. The molecule has 2 saturated heterocycles. The monoisotopic (exact) mass is 398 g/mol. The standard InChI is InChI=1S/C21H23ClN4O2/c22-18-7-6-15(10-19(18)26-9-8-24-21(26)28)20(27)25-12-16(11-23)17(13-25)14-4-2-1-3-5-14/h1-7,10,16-17H,8-9,11-13,23H2,(H,24,28)/t16-,17+/m1/s1. The van der Waals surface area contributed by atoms with Crippen LogP contribution in [0.3, 0.4) is 0 Å². The van der Waals surface area contributed by atoms with Crippen molar-refractivity contribution in [2.24, 2.45) is 11.7 Å². The highest BCUT2D eigenvalue weighted by Crippen LogP contribution is 2.34. The number of benzene rings is 2. The van der Waals surface area contributed by atoms with Gasteiger partial charge in [-0.3, -0.25) is 9.69 Å². The number of anilines is 1. The summed E-state index contributed by atoms with van der Waals surface area (Å²) < 4.78 is 0. The zero-order valence-electron chi connectivity index (χ0n) is 15.5. The summed E-state index contributed by atoms with van der Waals surface area (Å²) in [7, 11) is 0. The van der Waals surface area contributed by atoms with Crippen molar-refractivity contribution in [1.29, 1.82) is 0 Å². The van der Waals surface area contributed by atoms with E-state index in [2.05, 4.69) is 17.4 Å². The first-order chi connectivity index (χ1) is 13.6. The fourth-order valence-electron chi connectivity index (χ4n) is 4.09. The number of carbonyl (C=O) groups is 2. The van der Waals surface area contributed by atoms with Crippen molar-refractivity contribution in [2.45, 2.75) is 5.92 Å². The predicted octanol–water partition coefficient (Wildman–Crippen LogP) is 2.68. The van der Waals surface area contributed by atoms with Crippen molar-refractivity contribution < 1.29 is 9.59 Å². The lowest BCUT2D eigenvalue weighted by molar-refractivity contribution is 0.0786. The maximum Gasteiger partial charge on any atom is 0.322 e. The molecular formula is C21H23ClN4O2. The zero-order valence-corrected chi connectivity index (χ0v) is 16.2. The largest absolute Gasteiger partial charge is 0.338 e. The molecule has 2 aliphatic heterocycles. The van der Waals surface area contributed by atoms with Gasteiger partial charge in [-0.05, 0) is 36.2 Å². The van der Waals surface area contributed by atoms with Gasteiger partial charge in [-0.1, -0.05) is 41.9 Å². The van der Waals surface area contributed by atoms with E-state index in [4.69, 9.17) is 17.3 Å². The molecule has 0 aromatic heterocycles. The quantitative estimate of drug-likeness (QED) is 0.831. The van der Waals surface area contributed by atoms with Crippen LogP contribution >= 0.6 is 11.6 Å². The summed E-state index contributed by atoms with van der Waals surface area (Å²) in [6.07, 6.45) is 0. The van der Waals surface area contributed by atoms with Crippen LogP contribution in [-0.4, -0.2) is 49.6 Å². The van der Waals surface area contributed by atoms with E-state index in [0.29, 0.717) is 49.0 Å². The van der Waals surface area contributed by atoms with Crippen LogP contribution in [0.25, 0.3) is 0 Å². The summed E-state index contributed by atoms with van der Waals surface area (Å²) in [5.74, 6) is 0.392. The lowest BCUT2D eigenvalue weighted by Crippen LogP contribution is -2.31. The van der Waals surface area contributed by atoms with Crippen LogP contribution in [0, 0.1) is 5.92 Å². The number of urea groups is 1. The molecule has 0 saturated carbocycles. The molecule has 0 spiro atoms.